The van der Waals surface area contributed by atoms with Crippen LogP contribution in [0.5, 0.6) is 0 Å². The molecule has 10 rings (SSSR count). The molecule has 8 bridgehead atoms. The summed E-state index contributed by atoms with van der Waals surface area (Å²) in [5.41, 5.74) is 18.0. The van der Waals surface area contributed by atoms with E-state index >= 15 is 0 Å². The molecule has 0 saturated carbocycles. The minimum absolute atomic E-state index is 0. The Bertz CT molecular complexity index is 3410. The quantitative estimate of drug-likeness (QED) is 0.130. The Morgan fingerprint density at radius 1 is 0.391 bits per heavy atom. The van der Waals surface area contributed by atoms with Crippen LogP contribution in [0, 0.1) is 0 Å². The number of aromatic nitrogens is 4. The van der Waals surface area contributed by atoms with Gasteiger partial charge in [-0.1, -0.05) is 210 Å². The smallest absolute Gasteiger partial charge is 0.657 e. The second-order valence-electron chi connectivity index (χ2n) is 22.9. The van der Waals surface area contributed by atoms with E-state index in [1.54, 1.807) is 0 Å². The third-order valence-electron chi connectivity index (χ3n) is 13.6. The number of rotatable bonds is 4. The summed E-state index contributed by atoms with van der Waals surface area (Å²) in [6.07, 6.45) is 13.1. The summed E-state index contributed by atoms with van der Waals surface area (Å²) >= 11 is 0. The molecule has 5 heteroatoms. The van der Waals surface area contributed by atoms with Gasteiger partial charge in [0.05, 0.1) is 22.8 Å². The van der Waals surface area contributed by atoms with Crippen molar-refractivity contribution >= 4 is 80.1 Å². The maximum absolute atomic E-state index is 5.60. The molecule has 0 spiro atoms. The van der Waals surface area contributed by atoms with Crippen molar-refractivity contribution in [2.45, 2.75) is 105 Å². The molecule has 0 amide bonds. The first kappa shape index (κ1) is 47.5. The Balaban J connectivity index is 0.00000593. The molecule has 0 radical (unpaired) electrons. The van der Waals surface area contributed by atoms with E-state index in [9.17, 15) is 0 Å². The van der Waals surface area contributed by atoms with Gasteiger partial charge in [-0.15, -0.1) is 22.1 Å². The molecule has 0 N–H and O–H groups in total. The Morgan fingerprint density at radius 2 is 0.826 bits per heavy atom. The van der Waals surface area contributed by atoms with Crippen molar-refractivity contribution in [3.05, 3.63) is 177 Å². The van der Waals surface area contributed by atoms with E-state index in [1.165, 1.54) is 43.8 Å². The zero-order valence-electron chi connectivity index (χ0n) is 42.1. The van der Waals surface area contributed by atoms with Crippen molar-refractivity contribution in [2.75, 3.05) is 0 Å². The first-order valence-electron chi connectivity index (χ1n) is 24.1. The van der Waals surface area contributed by atoms with Crippen LogP contribution in [0.2, 0.25) is 0 Å². The van der Waals surface area contributed by atoms with Crippen LogP contribution >= 0.6 is 0 Å². The maximum atomic E-state index is 5.60. The zero-order chi connectivity index (χ0) is 47.9. The molecule has 348 valence electrons. The van der Waals surface area contributed by atoms with E-state index in [2.05, 4.69) is 241 Å². The van der Waals surface area contributed by atoms with Crippen molar-refractivity contribution in [1.29, 1.82) is 0 Å². The fourth-order valence-electron chi connectivity index (χ4n) is 9.48. The average molecular weight is 946 g/mol. The van der Waals surface area contributed by atoms with Gasteiger partial charge >= 0.3 is 16.5 Å². The predicted octanol–water partition coefficient (Wildman–Crippen LogP) is 16.9. The maximum Gasteiger partial charge on any atom is 2.00 e. The molecule has 4 nitrogen and oxygen atoms in total. The summed E-state index contributed by atoms with van der Waals surface area (Å²) < 4.78 is 0. The Labute approximate surface area is 418 Å². The van der Waals surface area contributed by atoms with E-state index < -0.39 is 0 Å². The molecule has 3 aromatic heterocycles. The topological polar surface area (TPSA) is 54.0 Å². The summed E-state index contributed by atoms with van der Waals surface area (Å²) in [4.78, 5) is 21.9. The second kappa shape index (κ2) is 17.4. The van der Waals surface area contributed by atoms with Gasteiger partial charge in [-0.25, -0.2) is 9.97 Å². The average Bonchev–Trinajstić information content (AvgIpc) is 4.13. The van der Waals surface area contributed by atoms with E-state index in [0.29, 0.717) is 0 Å². The summed E-state index contributed by atoms with van der Waals surface area (Å²) in [6, 6.07) is 44.4. The molecule has 2 aliphatic heterocycles. The summed E-state index contributed by atoms with van der Waals surface area (Å²) in [5.74, 6) is 0. The van der Waals surface area contributed by atoms with Crippen molar-refractivity contribution in [3.8, 4) is 22.3 Å². The summed E-state index contributed by atoms with van der Waals surface area (Å²) in [7, 11) is 0. The fourth-order valence-corrected chi connectivity index (χ4v) is 9.48. The van der Waals surface area contributed by atoms with Crippen LogP contribution in [0.3, 0.4) is 0 Å². The number of fused-ring (bicyclic) bond motifs is 10. The molecular formula is C64H62N4Ni. The largest absolute Gasteiger partial charge is 2.00 e. The molecular weight excluding hydrogens is 883 g/mol. The predicted molar refractivity (Wildman–Crippen MR) is 293 cm³/mol. The summed E-state index contributed by atoms with van der Waals surface area (Å²) in [5, 5.41) is 4.80. The first-order chi connectivity index (χ1) is 32.2. The third kappa shape index (κ3) is 9.35. The molecule has 0 atom stereocenters. The van der Waals surface area contributed by atoms with Crippen LogP contribution < -0.4 is 9.97 Å². The number of hydrogen-bond acceptors (Lipinski definition) is 2. The number of nitrogens with zero attached hydrogens (tertiary/aromatic N) is 4. The number of benzene rings is 5. The molecule has 5 aromatic carbocycles. The minimum atomic E-state index is -0.0734. The van der Waals surface area contributed by atoms with Gasteiger partial charge in [-0.05, 0) is 129 Å². The SMILES string of the molecule is CC(C)(C)c1cc(-c2c3nc(c(/C=C/c4c5ccccc5cc5ccccc45)c4ccc([n-]4)c(-c4cc(C(C)(C)C)cc(C(C)(C)C)c4)c4nc(cc5ccc2[n-]5)C=C4)C=C3)cc(C(C)(C)C)c1.[Ni+2]. The molecule has 0 aliphatic carbocycles. The Kier molecular flexibility index (Phi) is 12.0. The molecule has 0 fully saturated rings. The van der Waals surface area contributed by atoms with Crippen molar-refractivity contribution in [1.82, 2.24) is 19.9 Å². The van der Waals surface area contributed by atoms with Gasteiger partial charge in [-0.3, -0.25) is 0 Å². The standard InChI is InChI=1S/C64H62N4.Ni/c1-61(2,3)43-32-41(33-44(36-43)62(4,5)6)59-55-25-21-47(65-55)38-48-22-26-56(66-48)60(42-34-45(63(7,8)9)37-46(35-42)64(10,11)12)58-30-28-54(68-58)52(53-27-29-57(59)67-53)24-23-51-49-19-15-13-17-39(49)31-40-18-14-16-20-50(40)51;/h13-38H,1-12H3;/q-2;+2/b24-23+,47-38?,48-38?,53-52?,54-52?,59-55?,59-57?,60-56?,60-58?;. The van der Waals surface area contributed by atoms with Crippen LogP contribution in [-0.4, -0.2) is 9.97 Å². The van der Waals surface area contributed by atoms with Gasteiger partial charge in [0.15, 0.2) is 0 Å². The monoisotopic (exact) mass is 944 g/mol. The first-order valence-corrected chi connectivity index (χ1v) is 24.1. The van der Waals surface area contributed by atoms with E-state index in [4.69, 9.17) is 19.9 Å². The van der Waals surface area contributed by atoms with Gasteiger partial charge in [0, 0.05) is 0 Å². The van der Waals surface area contributed by atoms with Crippen LogP contribution in [0.15, 0.2) is 121 Å². The Morgan fingerprint density at radius 3 is 1.36 bits per heavy atom. The van der Waals surface area contributed by atoms with E-state index in [-0.39, 0.29) is 38.2 Å². The Hall–Kier alpha value is -6.55. The normalized spacial score (nSPS) is 13.2. The summed E-state index contributed by atoms with van der Waals surface area (Å²) in [6.45, 7) is 27.5. The van der Waals surface area contributed by atoms with Crippen LogP contribution in [0.4, 0.5) is 0 Å². The second-order valence-corrected chi connectivity index (χ2v) is 22.9. The van der Waals surface area contributed by atoms with Gasteiger partial charge in [0.25, 0.3) is 0 Å². The third-order valence-corrected chi connectivity index (χ3v) is 13.6. The van der Waals surface area contributed by atoms with Crippen molar-refractivity contribution in [3.63, 3.8) is 0 Å². The molecule has 8 aromatic rings. The van der Waals surface area contributed by atoms with Crippen molar-refractivity contribution < 1.29 is 16.5 Å². The van der Waals surface area contributed by atoms with Crippen molar-refractivity contribution in [2.24, 2.45) is 0 Å². The fraction of sp³-hybridized carbons (Fsp3) is 0.250. The van der Waals surface area contributed by atoms with E-state index in [0.717, 1.165) is 78.2 Å². The van der Waals surface area contributed by atoms with Gasteiger partial charge in [0.1, 0.15) is 0 Å². The van der Waals surface area contributed by atoms with Crippen LogP contribution in [0.1, 0.15) is 139 Å². The number of hydrogen-bond donors (Lipinski definition) is 0. The molecule has 2 aliphatic rings. The van der Waals surface area contributed by atoms with Gasteiger partial charge < -0.3 is 9.97 Å². The van der Waals surface area contributed by atoms with E-state index in [1.807, 2.05) is 0 Å². The van der Waals surface area contributed by atoms with Gasteiger partial charge in [0.2, 0.25) is 0 Å². The minimum Gasteiger partial charge on any atom is -0.657 e. The zero-order valence-corrected chi connectivity index (χ0v) is 43.1. The van der Waals surface area contributed by atoms with Gasteiger partial charge in [-0.2, -0.15) is 0 Å². The molecule has 69 heavy (non-hydrogen) atoms. The molecule has 0 unspecified atom stereocenters. The molecule has 0 saturated heterocycles. The van der Waals surface area contributed by atoms with Crippen LogP contribution in [0.25, 0.3) is 102 Å². The molecule has 5 heterocycles. The van der Waals surface area contributed by atoms with Crippen LogP contribution in [-0.2, 0) is 38.2 Å².